The van der Waals surface area contributed by atoms with E-state index in [0.29, 0.717) is 6.54 Å². The maximum atomic E-state index is 9.47. The van der Waals surface area contributed by atoms with E-state index in [1.807, 2.05) is 25.1 Å². The molecule has 1 rings (SSSR count). The summed E-state index contributed by atoms with van der Waals surface area (Å²) in [5, 5.41) is 12.6. The molecule has 0 amide bonds. The molecular weight excluding hydrogens is 206 g/mol. The maximum absolute atomic E-state index is 9.47. The molecule has 90 valence electrons. The number of ether oxygens (including phenoxy) is 2. The standard InChI is InChI=1S/C12H19NO3/c1-4-9(14)8-13-11-7-10(15-2)5-6-12(11)16-3/h5-7,9,13-14H,4,8H2,1-3H3. The maximum Gasteiger partial charge on any atom is 0.142 e. The van der Waals surface area contributed by atoms with E-state index in [4.69, 9.17) is 9.47 Å². The van der Waals surface area contributed by atoms with Gasteiger partial charge in [-0.25, -0.2) is 0 Å². The summed E-state index contributed by atoms with van der Waals surface area (Å²) in [6, 6.07) is 5.51. The van der Waals surface area contributed by atoms with E-state index < -0.39 is 0 Å². The Bertz CT molecular complexity index is 328. The van der Waals surface area contributed by atoms with Crippen LogP contribution >= 0.6 is 0 Å². The van der Waals surface area contributed by atoms with Gasteiger partial charge in [0.2, 0.25) is 0 Å². The number of methoxy groups -OCH3 is 2. The summed E-state index contributed by atoms with van der Waals surface area (Å²) >= 11 is 0. The lowest BCUT2D eigenvalue weighted by Gasteiger charge is -2.14. The highest BCUT2D eigenvalue weighted by molar-refractivity contribution is 5.59. The van der Waals surface area contributed by atoms with Gasteiger partial charge in [0, 0.05) is 12.6 Å². The van der Waals surface area contributed by atoms with Gasteiger partial charge in [0.15, 0.2) is 0 Å². The van der Waals surface area contributed by atoms with Crippen LogP contribution in [0.2, 0.25) is 0 Å². The SMILES string of the molecule is CCC(O)CNc1cc(OC)ccc1OC. The molecule has 0 aliphatic carbocycles. The first-order valence-corrected chi connectivity index (χ1v) is 5.35. The van der Waals surface area contributed by atoms with Crippen molar-refractivity contribution in [1.29, 1.82) is 0 Å². The largest absolute Gasteiger partial charge is 0.497 e. The summed E-state index contributed by atoms with van der Waals surface area (Å²) in [7, 11) is 3.23. The van der Waals surface area contributed by atoms with Crippen molar-refractivity contribution in [2.75, 3.05) is 26.1 Å². The Balaban J connectivity index is 2.75. The van der Waals surface area contributed by atoms with E-state index in [-0.39, 0.29) is 6.10 Å². The fourth-order valence-electron chi connectivity index (χ4n) is 1.32. The smallest absolute Gasteiger partial charge is 0.142 e. The first-order valence-electron chi connectivity index (χ1n) is 5.35. The molecule has 4 nitrogen and oxygen atoms in total. The number of aliphatic hydroxyl groups excluding tert-OH is 1. The van der Waals surface area contributed by atoms with Gasteiger partial charge in [-0.15, -0.1) is 0 Å². The summed E-state index contributed by atoms with van der Waals surface area (Å²) in [5.74, 6) is 1.50. The number of nitrogens with one attached hydrogen (secondary N) is 1. The van der Waals surface area contributed by atoms with Crippen molar-refractivity contribution < 1.29 is 14.6 Å². The van der Waals surface area contributed by atoms with E-state index in [2.05, 4.69) is 5.32 Å². The van der Waals surface area contributed by atoms with Crippen molar-refractivity contribution in [3.05, 3.63) is 18.2 Å². The average molecular weight is 225 g/mol. The molecule has 0 aliphatic heterocycles. The quantitative estimate of drug-likeness (QED) is 0.776. The third-order valence-corrected chi connectivity index (χ3v) is 2.41. The fraction of sp³-hybridized carbons (Fsp3) is 0.500. The second kappa shape index (κ2) is 6.23. The zero-order chi connectivity index (χ0) is 12.0. The topological polar surface area (TPSA) is 50.7 Å². The molecule has 0 saturated carbocycles. The molecule has 1 unspecified atom stereocenters. The van der Waals surface area contributed by atoms with Crippen LogP contribution in [-0.2, 0) is 0 Å². The van der Waals surface area contributed by atoms with E-state index in [1.165, 1.54) is 0 Å². The molecule has 0 bridgehead atoms. The summed E-state index contributed by atoms with van der Waals surface area (Å²) in [6.45, 7) is 2.44. The first kappa shape index (κ1) is 12.6. The molecule has 16 heavy (non-hydrogen) atoms. The molecule has 0 aromatic heterocycles. The van der Waals surface area contributed by atoms with Crippen LogP contribution < -0.4 is 14.8 Å². The fourth-order valence-corrected chi connectivity index (χ4v) is 1.32. The number of benzene rings is 1. The minimum Gasteiger partial charge on any atom is -0.497 e. The summed E-state index contributed by atoms with van der Waals surface area (Å²) in [5.41, 5.74) is 0.828. The van der Waals surface area contributed by atoms with Crippen molar-refractivity contribution in [2.24, 2.45) is 0 Å². The molecule has 4 heteroatoms. The highest BCUT2D eigenvalue weighted by Crippen LogP contribution is 2.28. The highest BCUT2D eigenvalue weighted by atomic mass is 16.5. The summed E-state index contributed by atoms with van der Waals surface area (Å²) < 4.78 is 10.3. The Kier molecular flexibility index (Phi) is 4.92. The lowest BCUT2D eigenvalue weighted by atomic mass is 10.2. The molecule has 0 fully saturated rings. The molecular formula is C12H19NO3. The van der Waals surface area contributed by atoms with E-state index in [0.717, 1.165) is 23.6 Å². The summed E-state index contributed by atoms with van der Waals surface area (Å²) in [6.07, 6.45) is 0.370. The lowest BCUT2D eigenvalue weighted by Crippen LogP contribution is -2.18. The Morgan fingerprint density at radius 2 is 2.06 bits per heavy atom. The van der Waals surface area contributed by atoms with Crippen molar-refractivity contribution in [3.8, 4) is 11.5 Å². The van der Waals surface area contributed by atoms with Gasteiger partial charge in [-0.1, -0.05) is 6.92 Å². The van der Waals surface area contributed by atoms with Gasteiger partial charge in [0.05, 0.1) is 26.0 Å². The second-order valence-corrected chi connectivity index (χ2v) is 3.51. The molecule has 0 radical (unpaired) electrons. The van der Waals surface area contributed by atoms with Gasteiger partial charge in [-0.3, -0.25) is 0 Å². The molecule has 0 aliphatic rings. The van der Waals surface area contributed by atoms with Crippen LogP contribution in [0.1, 0.15) is 13.3 Å². The number of hydrogen-bond acceptors (Lipinski definition) is 4. The van der Waals surface area contributed by atoms with E-state index >= 15 is 0 Å². The molecule has 1 atom stereocenters. The number of hydrogen-bond donors (Lipinski definition) is 2. The number of aliphatic hydroxyl groups is 1. The summed E-state index contributed by atoms with van der Waals surface area (Å²) in [4.78, 5) is 0. The Labute approximate surface area is 96.2 Å². The minimum absolute atomic E-state index is 0.351. The molecule has 0 saturated heterocycles. The zero-order valence-corrected chi connectivity index (χ0v) is 9.99. The van der Waals surface area contributed by atoms with Crippen LogP contribution in [0.25, 0.3) is 0 Å². The number of anilines is 1. The van der Waals surface area contributed by atoms with Crippen LogP contribution in [0.3, 0.4) is 0 Å². The Hall–Kier alpha value is -1.42. The molecule has 0 spiro atoms. The predicted molar refractivity (Wildman–Crippen MR) is 64.3 cm³/mol. The van der Waals surface area contributed by atoms with E-state index in [1.54, 1.807) is 14.2 Å². The monoisotopic (exact) mass is 225 g/mol. The lowest BCUT2D eigenvalue weighted by molar-refractivity contribution is 0.183. The van der Waals surface area contributed by atoms with Crippen LogP contribution in [0.15, 0.2) is 18.2 Å². The van der Waals surface area contributed by atoms with Gasteiger partial charge in [0.1, 0.15) is 11.5 Å². The Morgan fingerprint density at radius 3 is 2.62 bits per heavy atom. The zero-order valence-electron chi connectivity index (χ0n) is 9.99. The van der Waals surface area contributed by atoms with Gasteiger partial charge < -0.3 is 19.9 Å². The Morgan fingerprint density at radius 1 is 1.31 bits per heavy atom. The van der Waals surface area contributed by atoms with Crippen molar-refractivity contribution in [1.82, 2.24) is 0 Å². The minimum atomic E-state index is -0.351. The average Bonchev–Trinajstić information content (AvgIpc) is 2.35. The predicted octanol–water partition coefficient (Wildman–Crippen LogP) is 1.89. The van der Waals surface area contributed by atoms with Gasteiger partial charge in [-0.05, 0) is 18.6 Å². The van der Waals surface area contributed by atoms with Gasteiger partial charge >= 0.3 is 0 Å². The van der Waals surface area contributed by atoms with Crippen LogP contribution in [-0.4, -0.2) is 32.0 Å². The normalized spacial score (nSPS) is 12.0. The molecule has 2 N–H and O–H groups in total. The molecule has 1 aromatic rings. The van der Waals surface area contributed by atoms with Crippen molar-refractivity contribution in [2.45, 2.75) is 19.4 Å². The van der Waals surface area contributed by atoms with Crippen molar-refractivity contribution in [3.63, 3.8) is 0 Å². The van der Waals surface area contributed by atoms with Gasteiger partial charge in [-0.2, -0.15) is 0 Å². The van der Waals surface area contributed by atoms with Crippen LogP contribution in [0.4, 0.5) is 5.69 Å². The molecule has 0 heterocycles. The van der Waals surface area contributed by atoms with Gasteiger partial charge in [0.25, 0.3) is 0 Å². The van der Waals surface area contributed by atoms with E-state index in [9.17, 15) is 5.11 Å². The first-order chi connectivity index (χ1) is 7.71. The highest BCUT2D eigenvalue weighted by Gasteiger charge is 2.06. The number of rotatable bonds is 6. The third-order valence-electron chi connectivity index (χ3n) is 2.41. The van der Waals surface area contributed by atoms with Crippen molar-refractivity contribution >= 4 is 5.69 Å². The van der Waals surface area contributed by atoms with Crippen LogP contribution in [0.5, 0.6) is 11.5 Å². The third kappa shape index (κ3) is 3.31. The second-order valence-electron chi connectivity index (χ2n) is 3.51. The molecule has 1 aromatic carbocycles. The van der Waals surface area contributed by atoms with Crippen LogP contribution in [0, 0.1) is 0 Å².